The lowest BCUT2D eigenvalue weighted by molar-refractivity contribution is -0.148. The minimum absolute atomic E-state index is 0.131. The van der Waals surface area contributed by atoms with Crippen LogP contribution in [0.25, 0.3) is 0 Å². The van der Waals surface area contributed by atoms with Gasteiger partial charge in [0.25, 0.3) is 0 Å². The van der Waals surface area contributed by atoms with Crippen LogP contribution in [0.1, 0.15) is 24.1 Å². The molecule has 1 saturated heterocycles. The maximum atomic E-state index is 12.0. The number of nitrogens with zero attached hydrogens (tertiary/aromatic N) is 1. The third-order valence-corrected chi connectivity index (χ3v) is 4.21. The number of aliphatic carboxylic acids is 1. The summed E-state index contributed by atoms with van der Waals surface area (Å²) in [6.45, 7) is 0.134. The fraction of sp³-hybridized carbons (Fsp3) is 0.538. The Morgan fingerprint density at radius 1 is 1.47 bits per heavy atom. The molecule has 0 saturated carbocycles. The predicted molar refractivity (Wildman–Crippen MR) is 71.0 cm³/mol. The van der Waals surface area contributed by atoms with E-state index in [0.29, 0.717) is 12.8 Å². The molecule has 2 heterocycles. The summed E-state index contributed by atoms with van der Waals surface area (Å²) in [4.78, 5) is 25.5. The van der Waals surface area contributed by atoms with Crippen molar-refractivity contribution in [1.29, 1.82) is 0 Å². The van der Waals surface area contributed by atoms with Gasteiger partial charge in [0.15, 0.2) is 0 Å². The molecular formula is C13H17NO4S. The van der Waals surface area contributed by atoms with E-state index in [9.17, 15) is 14.7 Å². The highest BCUT2D eigenvalue weighted by Crippen LogP contribution is 2.20. The minimum atomic E-state index is -1.04. The van der Waals surface area contributed by atoms with Crippen molar-refractivity contribution in [3.63, 3.8) is 0 Å². The molecule has 2 rings (SSSR count). The maximum Gasteiger partial charge on any atom is 0.326 e. The van der Waals surface area contributed by atoms with Crippen LogP contribution in [-0.2, 0) is 16.0 Å². The summed E-state index contributed by atoms with van der Waals surface area (Å²) < 4.78 is 0. The van der Waals surface area contributed by atoms with Crippen LogP contribution in [0.2, 0.25) is 0 Å². The number of carboxylic acids is 1. The van der Waals surface area contributed by atoms with Crippen molar-refractivity contribution in [2.45, 2.75) is 37.8 Å². The standard InChI is InChI=1S/C13H17NO4S/c15-9-7-11(13(17)18)14(8-9)12(16)5-1-3-10-4-2-6-19-10/h2,4,6,9,11,15H,1,3,5,7-8H2,(H,17,18)/t9-,11-/m1/s1. The largest absolute Gasteiger partial charge is 0.480 e. The lowest BCUT2D eigenvalue weighted by atomic mass is 10.1. The SMILES string of the molecule is O=C(O)[C@H]1C[C@@H](O)CN1C(=O)CCCc1cccs1. The van der Waals surface area contributed by atoms with Crippen molar-refractivity contribution in [1.82, 2.24) is 4.90 Å². The summed E-state index contributed by atoms with van der Waals surface area (Å²) in [7, 11) is 0. The quantitative estimate of drug-likeness (QED) is 0.849. The van der Waals surface area contributed by atoms with Gasteiger partial charge in [-0.2, -0.15) is 0 Å². The van der Waals surface area contributed by atoms with Crippen molar-refractivity contribution in [2.24, 2.45) is 0 Å². The molecule has 0 bridgehead atoms. The topological polar surface area (TPSA) is 77.8 Å². The number of aliphatic hydroxyl groups excluding tert-OH is 1. The van der Waals surface area contributed by atoms with Crippen LogP contribution in [0, 0.1) is 0 Å². The Morgan fingerprint density at radius 3 is 2.89 bits per heavy atom. The molecule has 0 radical (unpaired) electrons. The molecule has 2 N–H and O–H groups in total. The van der Waals surface area contributed by atoms with Crippen LogP contribution in [0.5, 0.6) is 0 Å². The summed E-state index contributed by atoms with van der Waals surface area (Å²) in [5.74, 6) is -1.22. The number of carboxylic acid groups (broad SMARTS) is 1. The fourth-order valence-electron chi connectivity index (χ4n) is 2.34. The Morgan fingerprint density at radius 2 is 2.26 bits per heavy atom. The number of β-amino-alcohol motifs (C(OH)–C–C–N with tert-alkyl or cyclic N) is 1. The van der Waals surface area contributed by atoms with E-state index in [1.165, 1.54) is 9.78 Å². The van der Waals surface area contributed by atoms with E-state index >= 15 is 0 Å². The first kappa shape index (κ1) is 14.0. The van der Waals surface area contributed by atoms with Crippen LogP contribution in [-0.4, -0.2) is 45.7 Å². The molecule has 19 heavy (non-hydrogen) atoms. The molecule has 1 aliphatic rings. The first-order valence-corrected chi connectivity index (χ1v) is 7.18. The van der Waals surface area contributed by atoms with Gasteiger partial charge in [0.2, 0.25) is 5.91 Å². The molecule has 0 unspecified atom stereocenters. The van der Waals surface area contributed by atoms with Crippen LogP contribution in [0.15, 0.2) is 17.5 Å². The molecule has 0 aliphatic carbocycles. The summed E-state index contributed by atoms with van der Waals surface area (Å²) in [5, 5.41) is 20.5. The molecule has 1 aliphatic heterocycles. The number of carbonyl (C=O) groups is 2. The highest BCUT2D eigenvalue weighted by molar-refractivity contribution is 7.09. The van der Waals surface area contributed by atoms with Crippen molar-refractivity contribution in [2.75, 3.05) is 6.54 Å². The number of carbonyl (C=O) groups excluding carboxylic acids is 1. The molecule has 1 aromatic rings. The second-order valence-electron chi connectivity index (χ2n) is 4.72. The van der Waals surface area contributed by atoms with E-state index in [0.717, 1.165) is 6.42 Å². The van der Waals surface area contributed by atoms with E-state index < -0.39 is 18.1 Å². The van der Waals surface area contributed by atoms with Crippen LogP contribution < -0.4 is 0 Å². The van der Waals surface area contributed by atoms with Crippen molar-refractivity contribution in [3.05, 3.63) is 22.4 Å². The average Bonchev–Trinajstić information content (AvgIpc) is 2.98. The second-order valence-corrected chi connectivity index (χ2v) is 5.75. The summed E-state index contributed by atoms with van der Waals surface area (Å²) in [6.07, 6.45) is 1.28. The third kappa shape index (κ3) is 3.54. The highest BCUT2D eigenvalue weighted by atomic mass is 32.1. The first-order valence-electron chi connectivity index (χ1n) is 6.30. The first-order chi connectivity index (χ1) is 9.08. The van der Waals surface area contributed by atoms with Gasteiger partial charge in [0.1, 0.15) is 6.04 Å². The summed E-state index contributed by atoms with van der Waals surface area (Å²) in [6, 6.07) is 3.12. The number of aryl methyl sites for hydroxylation is 1. The monoisotopic (exact) mass is 283 g/mol. The molecule has 1 aromatic heterocycles. The van der Waals surface area contributed by atoms with Gasteiger partial charge < -0.3 is 15.1 Å². The van der Waals surface area contributed by atoms with Gasteiger partial charge in [0, 0.05) is 24.3 Å². The molecule has 6 heteroatoms. The fourth-order valence-corrected chi connectivity index (χ4v) is 3.09. The molecular weight excluding hydrogens is 266 g/mol. The number of rotatable bonds is 5. The maximum absolute atomic E-state index is 12.0. The van der Waals surface area contributed by atoms with Crippen LogP contribution >= 0.6 is 11.3 Å². The van der Waals surface area contributed by atoms with Gasteiger partial charge in [0.05, 0.1) is 6.10 Å². The van der Waals surface area contributed by atoms with Gasteiger partial charge in [-0.15, -0.1) is 11.3 Å². The van der Waals surface area contributed by atoms with Gasteiger partial charge in [-0.05, 0) is 24.3 Å². The number of thiophene rings is 1. The molecule has 0 aromatic carbocycles. The van der Waals surface area contributed by atoms with E-state index in [1.54, 1.807) is 11.3 Å². The van der Waals surface area contributed by atoms with E-state index in [2.05, 4.69) is 0 Å². The highest BCUT2D eigenvalue weighted by Gasteiger charge is 2.38. The Balaban J connectivity index is 1.83. The third-order valence-electron chi connectivity index (χ3n) is 3.28. The molecule has 5 nitrogen and oxygen atoms in total. The van der Waals surface area contributed by atoms with E-state index in [1.807, 2.05) is 17.5 Å². The smallest absolute Gasteiger partial charge is 0.326 e. The normalized spacial score (nSPS) is 22.7. The van der Waals surface area contributed by atoms with Crippen LogP contribution in [0.3, 0.4) is 0 Å². The zero-order chi connectivity index (χ0) is 13.8. The molecule has 0 spiro atoms. The molecule has 104 valence electrons. The Hall–Kier alpha value is -1.40. The molecule has 2 atom stereocenters. The Labute approximate surface area is 115 Å². The van der Waals surface area contributed by atoms with Crippen molar-refractivity contribution >= 4 is 23.2 Å². The molecule has 1 fully saturated rings. The van der Waals surface area contributed by atoms with Crippen molar-refractivity contribution < 1.29 is 19.8 Å². The van der Waals surface area contributed by atoms with Gasteiger partial charge >= 0.3 is 5.97 Å². The number of hydrogen-bond acceptors (Lipinski definition) is 4. The number of amides is 1. The van der Waals surface area contributed by atoms with Gasteiger partial charge in [-0.3, -0.25) is 4.79 Å². The number of aliphatic hydroxyl groups is 1. The second kappa shape index (κ2) is 6.16. The number of hydrogen-bond donors (Lipinski definition) is 2. The zero-order valence-corrected chi connectivity index (χ0v) is 11.3. The minimum Gasteiger partial charge on any atom is -0.480 e. The van der Waals surface area contributed by atoms with Gasteiger partial charge in [-0.1, -0.05) is 6.07 Å². The Kier molecular flexibility index (Phi) is 4.55. The Bertz CT molecular complexity index is 446. The summed E-state index contributed by atoms with van der Waals surface area (Å²) in [5.41, 5.74) is 0. The summed E-state index contributed by atoms with van der Waals surface area (Å²) >= 11 is 1.65. The van der Waals surface area contributed by atoms with Crippen molar-refractivity contribution in [3.8, 4) is 0 Å². The average molecular weight is 283 g/mol. The number of likely N-dealkylation sites (tertiary alicyclic amines) is 1. The molecule has 1 amide bonds. The lowest BCUT2D eigenvalue weighted by Crippen LogP contribution is -2.40. The van der Waals surface area contributed by atoms with Gasteiger partial charge in [-0.25, -0.2) is 4.79 Å². The van der Waals surface area contributed by atoms with E-state index in [-0.39, 0.29) is 18.9 Å². The zero-order valence-electron chi connectivity index (χ0n) is 10.5. The predicted octanol–water partition coefficient (Wildman–Crippen LogP) is 1.12. The lowest BCUT2D eigenvalue weighted by Gasteiger charge is -2.21. The van der Waals surface area contributed by atoms with E-state index in [4.69, 9.17) is 5.11 Å². The van der Waals surface area contributed by atoms with Crippen LogP contribution in [0.4, 0.5) is 0 Å².